The molecule has 0 radical (unpaired) electrons. The highest BCUT2D eigenvalue weighted by Gasteiger charge is 2.27. The summed E-state index contributed by atoms with van der Waals surface area (Å²) in [7, 11) is 1.63. The average Bonchev–Trinajstić information content (AvgIpc) is 2.67. The number of nitrogens with zero attached hydrogens (tertiary/aromatic N) is 1. The fourth-order valence-corrected chi connectivity index (χ4v) is 3.44. The van der Waals surface area contributed by atoms with Gasteiger partial charge in [-0.1, -0.05) is 38.3 Å². The summed E-state index contributed by atoms with van der Waals surface area (Å²) in [6.45, 7) is 4.24. The number of nitrogens with one attached hydrogen (secondary N) is 1. The van der Waals surface area contributed by atoms with Crippen LogP contribution in [0.25, 0.3) is 0 Å². The van der Waals surface area contributed by atoms with Crippen LogP contribution in [0.5, 0.6) is 5.75 Å². The van der Waals surface area contributed by atoms with Crippen molar-refractivity contribution in [1.82, 2.24) is 10.2 Å². The Kier molecular flexibility index (Phi) is 7.95. The lowest BCUT2D eigenvalue weighted by Gasteiger charge is -2.31. The minimum Gasteiger partial charge on any atom is -0.497 e. The van der Waals surface area contributed by atoms with Crippen molar-refractivity contribution in [3.63, 3.8) is 0 Å². The fourth-order valence-electron chi connectivity index (χ4n) is 3.44. The number of benzene rings is 1. The van der Waals surface area contributed by atoms with E-state index in [4.69, 9.17) is 4.74 Å². The molecule has 2 rings (SSSR count). The third kappa shape index (κ3) is 5.75. The van der Waals surface area contributed by atoms with Crippen molar-refractivity contribution >= 4 is 11.8 Å². The Morgan fingerprint density at radius 2 is 1.85 bits per heavy atom. The molecule has 1 aromatic rings. The van der Waals surface area contributed by atoms with Crippen LogP contribution in [-0.4, -0.2) is 35.9 Å². The molecule has 144 valence electrons. The van der Waals surface area contributed by atoms with Crippen LogP contribution in [0.3, 0.4) is 0 Å². The number of rotatable bonds is 8. The van der Waals surface area contributed by atoms with Gasteiger partial charge in [0.1, 0.15) is 11.8 Å². The van der Waals surface area contributed by atoms with Gasteiger partial charge in [0.05, 0.1) is 7.11 Å². The minimum absolute atomic E-state index is 0.0228. The molecule has 1 N–H and O–H groups in total. The molecule has 1 fully saturated rings. The molecule has 0 spiro atoms. The van der Waals surface area contributed by atoms with Crippen LogP contribution in [0.2, 0.25) is 0 Å². The summed E-state index contributed by atoms with van der Waals surface area (Å²) in [6, 6.07) is 7.42. The van der Waals surface area contributed by atoms with Crippen LogP contribution in [0.4, 0.5) is 0 Å². The summed E-state index contributed by atoms with van der Waals surface area (Å²) >= 11 is 0. The zero-order valence-corrected chi connectivity index (χ0v) is 16.3. The van der Waals surface area contributed by atoms with Crippen LogP contribution < -0.4 is 10.1 Å². The summed E-state index contributed by atoms with van der Waals surface area (Å²) < 4.78 is 5.19. The van der Waals surface area contributed by atoms with E-state index in [9.17, 15) is 9.59 Å². The van der Waals surface area contributed by atoms with E-state index < -0.39 is 6.04 Å². The number of amides is 2. The first-order chi connectivity index (χ1) is 12.5. The van der Waals surface area contributed by atoms with E-state index in [1.807, 2.05) is 38.1 Å². The lowest BCUT2D eigenvalue weighted by Crippen LogP contribution is -2.50. The van der Waals surface area contributed by atoms with Crippen molar-refractivity contribution in [2.45, 2.75) is 77.4 Å². The molecule has 0 aliphatic heterocycles. The Hall–Kier alpha value is -2.04. The van der Waals surface area contributed by atoms with Crippen molar-refractivity contribution in [2.75, 3.05) is 7.11 Å². The standard InChI is InChI=1S/C21H32N2O3/c1-4-8-20(24)23(15-17-11-13-19(26-3)14-12-17)16(2)21(25)22-18-9-6-5-7-10-18/h11-14,16,18H,4-10,15H2,1-3H3,(H,22,25)/t16-/m0/s1. The molecule has 1 atom stereocenters. The second-order valence-corrected chi connectivity index (χ2v) is 7.14. The molecular formula is C21H32N2O3. The highest BCUT2D eigenvalue weighted by atomic mass is 16.5. The molecular weight excluding hydrogens is 328 g/mol. The summed E-state index contributed by atoms with van der Waals surface area (Å²) in [5, 5.41) is 3.15. The maximum atomic E-state index is 12.7. The number of carbonyl (C=O) groups excluding carboxylic acids is 2. The topological polar surface area (TPSA) is 58.6 Å². The summed E-state index contributed by atoms with van der Waals surface area (Å²) in [5.41, 5.74) is 0.993. The van der Waals surface area contributed by atoms with Gasteiger partial charge >= 0.3 is 0 Å². The molecule has 0 bridgehead atoms. The van der Waals surface area contributed by atoms with Crippen LogP contribution in [0.1, 0.15) is 64.4 Å². The predicted octanol–water partition coefficient (Wildman–Crippen LogP) is 3.66. The smallest absolute Gasteiger partial charge is 0.242 e. The third-order valence-electron chi connectivity index (χ3n) is 5.09. The summed E-state index contributed by atoms with van der Waals surface area (Å²) in [4.78, 5) is 27.1. The van der Waals surface area contributed by atoms with E-state index in [0.29, 0.717) is 13.0 Å². The highest BCUT2D eigenvalue weighted by molar-refractivity contribution is 5.87. The van der Waals surface area contributed by atoms with Gasteiger partial charge in [0.15, 0.2) is 0 Å². The highest BCUT2D eigenvalue weighted by Crippen LogP contribution is 2.19. The van der Waals surface area contributed by atoms with Gasteiger partial charge in [-0.2, -0.15) is 0 Å². The van der Waals surface area contributed by atoms with Crippen LogP contribution in [0.15, 0.2) is 24.3 Å². The lowest BCUT2D eigenvalue weighted by atomic mass is 9.95. The molecule has 26 heavy (non-hydrogen) atoms. The van der Waals surface area contributed by atoms with Gasteiger partial charge in [-0.3, -0.25) is 9.59 Å². The number of ether oxygens (including phenoxy) is 1. The summed E-state index contributed by atoms with van der Waals surface area (Å²) in [6.07, 6.45) is 6.90. The maximum absolute atomic E-state index is 12.7. The van der Waals surface area contributed by atoms with Crippen LogP contribution >= 0.6 is 0 Å². The van der Waals surface area contributed by atoms with E-state index in [1.54, 1.807) is 12.0 Å². The third-order valence-corrected chi connectivity index (χ3v) is 5.09. The van der Waals surface area contributed by atoms with E-state index in [1.165, 1.54) is 19.3 Å². The Morgan fingerprint density at radius 1 is 1.19 bits per heavy atom. The first kappa shape index (κ1) is 20.3. The van der Waals surface area contributed by atoms with Gasteiger partial charge < -0.3 is 15.0 Å². The predicted molar refractivity (Wildman–Crippen MR) is 103 cm³/mol. The molecule has 5 heteroatoms. The second kappa shape index (κ2) is 10.2. The lowest BCUT2D eigenvalue weighted by molar-refractivity contribution is -0.141. The molecule has 0 unspecified atom stereocenters. The van der Waals surface area contributed by atoms with Crippen LogP contribution in [-0.2, 0) is 16.1 Å². The van der Waals surface area contributed by atoms with Gasteiger partial charge in [0, 0.05) is 19.0 Å². The van der Waals surface area contributed by atoms with E-state index in [0.717, 1.165) is 30.6 Å². The first-order valence-electron chi connectivity index (χ1n) is 9.78. The van der Waals surface area contributed by atoms with Crippen molar-refractivity contribution in [3.8, 4) is 5.75 Å². The SMILES string of the molecule is CCCC(=O)N(Cc1ccc(OC)cc1)[C@@H](C)C(=O)NC1CCCCC1. The monoisotopic (exact) mass is 360 g/mol. The van der Waals surface area contributed by atoms with Gasteiger partial charge in [-0.25, -0.2) is 0 Å². The molecule has 1 saturated carbocycles. The molecule has 0 heterocycles. The number of methoxy groups -OCH3 is 1. The molecule has 0 saturated heterocycles. The van der Waals surface area contributed by atoms with Crippen molar-refractivity contribution < 1.29 is 14.3 Å². The maximum Gasteiger partial charge on any atom is 0.242 e. The normalized spacial score (nSPS) is 16.0. The van der Waals surface area contributed by atoms with Gasteiger partial charge in [-0.15, -0.1) is 0 Å². The fraction of sp³-hybridized carbons (Fsp3) is 0.619. The number of hydrogen-bond donors (Lipinski definition) is 1. The van der Waals surface area contributed by atoms with Gasteiger partial charge in [-0.05, 0) is 43.9 Å². The van der Waals surface area contributed by atoms with E-state index in [2.05, 4.69) is 5.32 Å². The van der Waals surface area contributed by atoms with E-state index >= 15 is 0 Å². The molecule has 2 amide bonds. The Balaban J connectivity index is 2.06. The molecule has 1 aromatic carbocycles. The first-order valence-corrected chi connectivity index (χ1v) is 9.78. The van der Waals surface area contributed by atoms with Crippen molar-refractivity contribution in [3.05, 3.63) is 29.8 Å². The molecule has 5 nitrogen and oxygen atoms in total. The second-order valence-electron chi connectivity index (χ2n) is 7.14. The zero-order chi connectivity index (χ0) is 18.9. The largest absolute Gasteiger partial charge is 0.497 e. The Labute approximate surface area is 157 Å². The Morgan fingerprint density at radius 3 is 2.42 bits per heavy atom. The zero-order valence-electron chi connectivity index (χ0n) is 16.3. The number of carbonyl (C=O) groups is 2. The van der Waals surface area contributed by atoms with Gasteiger partial charge in [0.25, 0.3) is 0 Å². The average molecular weight is 360 g/mol. The number of hydrogen-bond acceptors (Lipinski definition) is 3. The summed E-state index contributed by atoms with van der Waals surface area (Å²) in [5.74, 6) is 0.757. The molecule has 1 aliphatic rings. The Bertz CT molecular complexity index is 579. The van der Waals surface area contributed by atoms with Crippen molar-refractivity contribution in [2.24, 2.45) is 0 Å². The molecule has 0 aromatic heterocycles. The van der Waals surface area contributed by atoms with E-state index in [-0.39, 0.29) is 17.9 Å². The van der Waals surface area contributed by atoms with Gasteiger partial charge in [0.2, 0.25) is 11.8 Å². The minimum atomic E-state index is -0.474. The van der Waals surface area contributed by atoms with Crippen molar-refractivity contribution in [1.29, 1.82) is 0 Å². The molecule has 1 aliphatic carbocycles. The van der Waals surface area contributed by atoms with Crippen LogP contribution in [0, 0.1) is 0 Å². The quantitative estimate of drug-likeness (QED) is 0.770.